The Morgan fingerprint density at radius 1 is 0.323 bits per heavy atom. The summed E-state index contributed by atoms with van der Waals surface area (Å²) in [4.78, 5) is 24.3. The topological polar surface area (TPSA) is 76.8 Å². The van der Waals surface area contributed by atoms with Gasteiger partial charge >= 0.3 is 0 Å². The Bertz CT molecular complexity index is 1830. The zero-order valence-electron chi connectivity index (χ0n) is 40.8. The zero-order valence-corrected chi connectivity index (χ0v) is 40.8. The molecule has 62 heavy (non-hydrogen) atoms. The molecule has 0 N–H and O–H groups in total. The number of aromatic nitrogens is 5. The van der Waals surface area contributed by atoms with Crippen molar-refractivity contribution in [3.8, 4) is 0 Å². The summed E-state index contributed by atoms with van der Waals surface area (Å²) in [6.07, 6.45) is 17.4. The third-order valence-corrected chi connectivity index (χ3v) is 10.6. The van der Waals surface area contributed by atoms with Gasteiger partial charge in [-0.05, 0) is 180 Å². The molecule has 0 saturated carbocycles. The second-order valence-corrected chi connectivity index (χ2v) is 15.6. The lowest BCUT2D eigenvalue weighted by atomic mass is 10.1. The van der Waals surface area contributed by atoms with E-state index in [0.29, 0.717) is 0 Å². The predicted octanol–water partition coefficient (Wildman–Crippen LogP) is 14.8. The molecule has 2 aliphatic rings. The van der Waals surface area contributed by atoms with E-state index < -0.39 is 0 Å². The second-order valence-electron chi connectivity index (χ2n) is 15.6. The molecule has 0 amide bonds. The Kier molecular flexibility index (Phi) is 26.8. The second kappa shape index (κ2) is 30.8. The van der Waals surface area contributed by atoms with Gasteiger partial charge in [0, 0.05) is 66.4 Å². The average molecular weight is 831 g/mol. The Morgan fingerprint density at radius 2 is 0.645 bits per heavy atom. The molecule has 4 aromatic heterocycles. The van der Waals surface area contributed by atoms with Crippen LogP contribution in [0.5, 0.6) is 0 Å². The number of hydrogen-bond acceptors (Lipinski definition) is 6. The van der Waals surface area contributed by atoms with Gasteiger partial charge < -0.3 is 0 Å². The highest BCUT2D eigenvalue weighted by Gasteiger charge is 1.98. The van der Waals surface area contributed by atoms with Crippen LogP contribution >= 0.6 is 0 Å². The molecule has 0 atom stereocenters. The number of rotatable bonds is 0. The van der Waals surface area contributed by atoms with E-state index in [0.717, 1.165) is 34.9 Å². The fourth-order valence-corrected chi connectivity index (χ4v) is 4.79. The fourth-order valence-electron chi connectivity index (χ4n) is 4.79. The molecule has 328 valence electrons. The van der Waals surface area contributed by atoms with Crippen molar-refractivity contribution in [3.63, 3.8) is 0 Å². The van der Waals surface area contributed by atoms with Crippen LogP contribution < -0.4 is 0 Å². The highest BCUT2D eigenvalue weighted by Crippen LogP contribution is 2.16. The number of hydrogen-bond donors (Lipinski definition) is 0. The maximum atomic E-state index is 4.08. The van der Waals surface area contributed by atoms with Crippen LogP contribution in [-0.4, -0.2) is 31.1 Å². The van der Waals surface area contributed by atoms with Crippen LogP contribution in [0.15, 0.2) is 155 Å². The molecule has 0 fully saturated rings. The zero-order chi connectivity index (χ0) is 46.5. The lowest BCUT2D eigenvalue weighted by Crippen LogP contribution is -1.87. The molecule has 6 nitrogen and oxygen atoms in total. The van der Waals surface area contributed by atoms with Gasteiger partial charge in [0.15, 0.2) is 0 Å². The lowest BCUT2D eigenvalue weighted by Gasteiger charge is -1.93. The van der Waals surface area contributed by atoms with E-state index in [1.54, 1.807) is 12.4 Å². The molecule has 6 aromatic rings. The summed E-state index contributed by atoms with van der Waals surface area (Å²) in [7, 11) is 0. The van der Waals surface area contributed by atoms with Gasteiger partial charge in [0.2, 0.25) is 0 Å². The minimum atomic E-state index is 1.01. The van der Waals surface area contributed by atoms with Crippen molar-refractivity contribution >= 4 is 6.21 Å². The Morgan fingerprint density at radius 3 is 0.790 bits per heavy atom. The highest BCUT2D eigenvalue weighted by atomic mass is 14.8. The number of allylic oxidation sites excluding steroid dienone is 6. The van der Waals surface area contributed by atoms with E-state index in [2.05, 4.69) is 178 Å². The van der Waals surface area contributed by atoms with E-state index >= 15 is 0 Å². The van der Waals surface area contributed by atoms with Gasteiger partial charge in [-0.3, -0.25) is 29.9 Å². The molecule has 1 aliphatic carbocycles. The largest absolute Gasteiger partial charge is 0.266 e. The SMILES string of the molecule is CC1=C(C)CC=C1.CC1=C(C)N=CC1.Cc1ccccc1C.Cc1ccccc1C.Cc1cccnc1C.Cc1cccnc1C.Cc1cccnc1C.Cc1nccnc1C. The van der Waals surface area contributed by atoms with E-state index in [9.17, 15) is 0 Å². The van der Waals surface area contributed by atoms with Crippen molar-refractivity contribution in [3.05, 3.63) is 218 Å². The third-order valence-electron chi connectivity index (χ3n) is 10.6. The van der Waals surface area contributed by atoms with Gasteiger partial charge in [0.05, 0.1) is 11.4 Å². The predicted molar refractivity (Wildman–Crippen MR) is 268 cm³/mol. The normalized spacial score (nSPS) is 11.5. The van der Waals surface area contributed by atoms with Crippen LogP contribution in [0, 0.1) is 83.1 Å². The first-order valence-corrected chi connectivity index (χ1v) is 21.4. The van der Waals surface area contributed by atoms with Crippen molar-refractivity contribution in [1.29, 1.82) is 0 Å². The number of pyridine rings is 3. The van der Waals surface area contributed by atoms with Gasteiger partial charge in [-0.2, -0.15) is 0 Å². The molecular weight excluding hydrogens is 757 g/mol. The molecule has 1 aliphatic heterocycles. The van der Waals surface area contributed by atoms with Crippen LogP contribution in [-0.2, 0) is 0 Å². The van der Waals surface area contributed by atoms with E-state index in [1.165, 1.54) is 67.8 Å². The minimum Gasteiger partial charge on any atom is -0.266 e. The molecule has 5 heterocycles. The van der Waals surface area contributed by atoms with Gasteiger partial charge in [0.25, 0.3) is 0 Å². The standard InChI is InChI=1S/2C8H10.3C7H9N.C7H10.C6H8N2.C6H9N/c2*1-7-5-3-4-6-8(7)2;3*1-6-4-3-5-8-7(6)2;1-6-4-3-5-7(6)2;1-5-6(2)8-4-3-7-5;1-5-3-4-7-6(5)2/h2*3-6H,1-2H3;3*3-5H,1-2H3;3-4H,5H2,1-2H3;3-4H,1-2H3;4H,3H2,1-2H3. The average Bonchev–Trinajstić information content (AvgIpc) is 3.83. The maximum absolute atomic E-state index is 4.08. The highest BCUT2D eigenvalue weighted by molar-refractivity contribution is 5.66. The molecule has 2 aromatic carbocycles. The Hall–Kier alpha value is -6.14. The number of aliphatic imine (C=N–C) groups is 1. The van der Waals surface area contributed by atoms with E-state index in [1.807, 2.05) is 84.5 Å². The van der Waals surface area contributed by atoms with Crippen molar-refractivity contribution in [2.75, 3.05) is 0 Å². The van der Waals surface area contributed by atoms with E-state index in [-0.39, 0.29) is 0 Å². The smallest absolute Gasteiger partial charge is 0.0584 e. The number of benzene rings is 2. The molecule has 0 saturated heterocycles. The first kappa shape index (κ1) is 53.9. The summed E-state index contributed by atoms with van der Waals surface area (Å²) < 4.78 is 0. The Balaban J connectivity index is 0.000000354. The Labute approximate surface area is 376 Å². The first-order chi connectivity index (χ1) is 29.4. The summed E-state index contributed by atoms with van der Waals surface area (Å²) in [6.45, 7) is 33.1. The summed E-state index contributed by atoms with van der Waals surface area (Å²) in [6, 6.07) is 28.7. The molecular formula is C56H74N6. The fraction of sp³-hybridized carbons (Fsp3) is 0.321. The molecule has 6 heteroatoms. The van der Waals surface area contributed by atoms with Crippen LogP contribution in [0.4, 0.5) is 0 Å². The maximum Gasteiger partial charge on any atom is 0.0584 e. The molecule has 8 rings (SSSR count). The summed E-state index contributed by atoms with van der Waals surface area (Å²) in [5.74, 6) is 0. The number of aryl methyl sites for hydroxylation is 12. The van der Waals surface area contributed by atoms with Crippen molar-refractivity contribution in [1.82, 2.24) is 24.9 Å². The number of nitrogens with zero attached hydrogens (tertiary/aromatic N) is 6. The lowest BCUT2D eigenvalue weighted by molar-refractivity contribution is 1.05. The van der Waals surface area contributed by atoms with Gasteiger partial charge in [-0.25, -0.2) is 0 Å². The van der Waals surface area contributed by atoms with Gasteiger partial charge in [-0.1, -0.05) is 90.0 Å². The third kappa shape index (κ3) is 23.6. The molecule has 0 unspecified atom stereocenters. The molecule has 0 radical (unpaired) electrons. The quantitative estimate of drug-likeness (QED) is 0.152. The minimum absolute atomic E-state index is 1.01. The molecule has 0 bridgehead atoms. The van der Waals surface area contributed by atoms with Gasteiger partial charge in [-0.15, -0.1) is 0 Å². The summed E-state index contributed by atoms with van der Waals surface area (Å²) in [5.41, 5.74) is 20.2. The van der Waals surface area contributed by atoms with Gasteiger partial charge in [0.1, 0.15) is 0 Å². The first-order valence-electron chi connectivity index (χ1n) is 21.4. The van der Waals surface area contributed by atoms with Crippen LogP contribution in [0.2, 0.25) is 0 Å². The van der Waals surface area contributed by atoms with E-state index in [4.69, 9.17) is 0 Å². The molecule has 0 spiro atoms. The van der Waals surface area contributed by atoms with Crippen LogP contribution in [0.3, 0.4) is 0 Å². The summed E-state index contributed by atoms with van der Waals surface area (Å²) >= 11 is 0. The van der Waals surface area contributed by atoms with Crippen molar-refractivity contribution < 1.29 is 0 Å². The van der Waals surface area contributed by atoms with Crippen molar-refractivity contribution in [2.24, 2.45) is 4.99 Å². The summed E-state index contributed by atoms with van der Waals surface area (Å²) in [5, 5.41) is 0. The van der Waals surface area contributed by atoms with Crippen LogP contribution in [0.25, 0.3) is 0 Å². The van der Waals surface area contributed by atoms with Crippen molar-refractivity contribution in [2.45, 2.75) is 124 Å². The van der Waals surface area contributed by atoms with Crippen LogP contribution in [0.1, 0.15) is 108 Å². The monoisotopic (exact) mass is 831 g/mol.